The van der Waals surface area contributed by atoms with E-state index < -0.39 is 0 Å². The lowest BCUT2D eigenvalue weighted by Crippen LogP contribution is -2.44. The number of nitrogens with zero attached hydrogens (tertiary/aromatic N) is 1. The summed E-state index contributed by atoms with van der Waals surface area (Å²) in [5, 5.41) is 2.90. The van der Waals surface area contributed by atoms with Gasteiger partial charge < -0.3 is 15.0 Å². The van der Waals surface area contributed by atoms with Gasteiger partial charge in [0.1, 0.15) is 11.6 Å². The highest BCUT2D eigenvalue weighted by molar-refractivity contribution is 5.80. The van der Waals surface area contributed by atoms with Gasteiger partial charge in [-0.2, -0.15) is 0 Å². The average molecular weight is 322 g/mol. The second-order valence-electron chi connectivity index (χ2n) is 5.69. The zero-order chi connectivity index (χ0) is 16.7. The highest BCUT2D eigenvalue weighted by atomic mass is 19.1. The number of amides is 2. The van der Waals surface area contributed by atoms with Gasteiger partial charge in [-0.25, -0.2) is 4.39 Å². The van der Waals surface area contributed by atoms with E-state index in [1.807, 2.05) is 6.92 Å². The molecule has 0 atom stereocenters. The van der Waals surface area contributed by atoms with Crippen LogP contribution >= 0.6 is 0 Å². The number of benzene rings is 1. The first-order valence-electron chi connectivity index (χ1n) is 8.04. The Morgan fingerprint density at radius 3 is 2.52 bits per heavy atom. The molecule has 1 heterocycles. The van der Waals surface area contributed by atoms with E-state index in [9.17, 15) is 14.0 Å². The number of carbonyl (C=O) groups excluding carboxylic acids is 2. The molecule has 6 heteroatoms. The van der Waals surface area contributed by atoms with E-state index >= 15 is 0 Å². The standard InChI is InChI=1S/C17H23FN2O3/c1-2-9-19-17(22)13-7-10-20(11-8-13)16(21)12-23-15-5-3-14(18)4-6-15/h3-6,13H,2,7-12H2,1H3,(H,19,22). The van der Waals surface area contributed by atoms with Crippen molar-refractivity contribution in [3.05, 3.63) is 30.1 Å². The molecule has 1 aromatic carbocycles. The van der Waals surface area contributed by atoms with E-state index in [0.717, 1.165) is 6.42 Å². The number of rotatable bonds is 6. The van der Waals surface area contributed by atoms with Crippen LogP contribution in [0.2, 0.25) is 0 Å². The SMILES string of the molecule is CCCNC(=O)C1CCN(C(=O)COc2ccc(F)cc2)CC1. The summed E-state index contributed by atoms with van der Waals surface area (Å²) in [5.74, 6) is 0.0903. The summed E-state index contributed by atoms with van der Waals surface area (Å²) in [5.41, 5.74) is 0. The maximum absolute atomic E-state index is 12.8. The van der Waals surface area contributed by atoms with Crippen molar-refractivity contribution in [2.24, 2.45) is 5.92 Å². The lowest BCUT2D eigenvalue weighted by Gasteiger charge is -2.31. The Balaban J connectivity index is 1.73. The van der Waals surface area contributed by atoms with E-state index in [-0.39, 0.29) is 30.2 Å². The number of ether oxygens (including phenoxy) is 1. The minimum Gasteiger partial charge on any atom is -0.484 e. The third kappa shape index (κ3) is 5.23. The Bertz CT molecular complexity index is 525. The van der Waals surface area contributed by atoms with Crippen LogP contribution in [0, 0.1) is 11.7 Å². The minimum atomic E-state index is -0.341. The first kappa shape index (κ1) is 17.2. The molecule has 1 aromatic rings. The van der Waals surface area contributed by atoms with E-state index in [0.29, 0.717) is 38.2 Å². The summed E-state index contributed by atoms with van der Waals surface area (Å²) in [6.07, 6.45) is 2.28. The van der Waals surface area contributed by atoms with Crippen LogP contribution in [-0.4, -0.2) is 43.0 Å². The van der Waals surface area contributed by atoms with E-state index in [1.165, 1.54) is 24.3 Å². The van der Waals surface area contributed by atoms with Crippen LogP contribution < -0.4 is 10.1 Å². The average Bonchev–Trinajstić information content (AvgIpc) is 2.59. The van der Waals surface area contributed by atoms with Crippen molar-refractivity contribution in [1.82, 2.24) is 10.2 Å². The van der Waals surface area contributed by atoms with Crippen molar-refractivity contribution < 1.29 is 18.7 Å². The number of hydrogen-bond acceptors (Lipinski definition) is 3. The molecule has 1 aliphatic rings. The molecule has 1 saturated heterocycles. The first-order valence-corrected chi connectivity index (χ1v) is 8.04. The first-order chi connectivity index (χ1) is 11.1. The largest absolute Gasteiger partial charge is 0.484 e. The van der Waals surface area contributed by atoms with Crippen LogP contribution in [0.4, 0.5) is 4.39 Å². The lowest BCUT2D eigenvalue weighted by molar-refractivity contribution is -0.137. The smallest absolute Gasteiger partial charge is 0.260 e. The normalized spacial score (nSPS) is 15.3. The van der Waals surface area contributed by atoms with Gasteiger partial charge in [-0.1, -0.05) is 6.92 Å². The van der Waals surface area contributed by atoms with Gasteiger partial charge in [0.2, 0.25) is 5.91 Å². The molecule has 0 aliphatic carbocycles. The van der Waals surface area contributed by atoms with E-state index in [2.05, 4.69) is 5.32 Å². The molecule has 0 aromatic heterocycles. The second kappa shape index (κ2) is 8.50. The maximum Gasteiger partial charge on any atom is 0.260 e. The molecule has 0 bridgehead atoms. The van der Waals surface area contributed by atoms with Gasteiger partial charge in [0.15, 0.2) is 6.61 Å². The van der Waals surface area contributed by atoms with Gasteiger partial charge >= 0.3 is 0 Å². The minimum absolute atomic E-state index is 0.0105. The summed E-state index contributed by atoms with van der Waals surface area (Å²) >= 11 is 0. The molecule has 23 heavy (non-hydrogen) atoms. The summed E-state index contributed by atoms with van der Waals surface area (Å²) in [6, 6.07) is 5.57. The molecule has 1 fully saturated rings. The van der Waals surface area contributed by atoms with E-state index in [1.54, 1.807) is 4.90 Å². The quantitative estimate of drug-likeness (QED) is 0.871. The molecule has 1 N–H and O–H groups in total. The highest BCUT2D eigenvalue weighted by Gasteiger charge is 2.27. The molecular formula is C17H23FN2O3. The maximum atomic E-state index is 12.8. The van der Waals surface area contributed by atoms with Crippen LogP contribution in [0.15, 0.2) is 24.3 Å². The molecule has 126 valence electrons. The predicted octanol–water partition coefficient (Wildman–Crippen LogP) is 1.97. The Hall–Kier alpha value is -2.11. The van der Waals surface area contributed by atoms with Crippen LogP contribution in [-0.2, 0) is 9.59 Å². The molecule has 0 unspecified atom stereocenters. The molecule has 5 nitrogen and oxygen atoms in total. The summed E-state index contributed by atoms with van der Waals surface area (Å²) in [7, 11) is 0. The Kier molecular flexibility index (Phi) is 6.38. The van der Waals surface area contributed by atoms with Crippen molar-refractivity contribution >= 4 is 11.8 Å². The summed E-state index contributed by atoms with van der Waals surface area (Å²) in [4.78, 5) is 25.7. The molecule has 2 amide bonds. The number of likely N-dealkylation sites (tertiary alicyclic amines) is 1. The Morgan fingerprint density at radius 1 is 1.26 bits per heavy atom. The van der Waals surface area contributed by atoms with Gasteiger partial charge in [0, 0.05) is 25.6 Å². The fourth-order valence-corrected chi connectivity index (χ4v) is 2.55. The zero-order valence-electron chi connectivity index (χ0n) is 13.4. The fourth-order valence-electron chi connectivity index (χ4n) is 2.55. The topological polar surface area (TPSA) is 58.6 Å². The van der Waals surface area contributed by atoms with Crippen LogP contribution in [0.5, 0.6) is 5.75 Å². The molecule has 0 spiro atoms. The Labute approximate surface area is 135 Å². The van der Waals surface area contributed by atoms with Crippen LogP contribution in [0.3, 0.4) is 0 Å². The zero-order valence-corrected chi connectivity index (χ0v) is 13.4. The van der Waals surface area contributed by atoms with Gasteiger partial charge in [0.25, 0.3) is 5.91 Å². The molecule has 2 rings (SSSR count). The summed E-state index contributed by atoms with van der Waals surface area (Å²) < 4.78 is 18.2. The monoisotopic (exact) mass is 322 g/mol. The number of hydrogen-bond donors (Lipinski definition) is 1. The number of halogens is 1. The Morgan fingerprint density at radius 2 is 1.91 bits per heavy atom. The number of nitrogens with one attached hydrogen (secondary N) is 1. The third-order valence-corrected chi connectivity index (χ3v) is 3.94. The van der Waals surface area contributed by atoms with Gasteiger partial charge in [-0.3, -0.25) is 9.59 Å². The highest BCUT2D eigenvalue weighted by Crippen LogP contribution is 2.18. The van der Waals surface area contributed by atoms with Gasteiger partial charge in [-0.15, -0.1) is 0 Å². The molecule has 1 aliphatic heterocycles. The molecule has 0 saturated carbocycles. The fraction of sp³-hybridized carbons (Fsp3) is 0.529. The number of piperidine rings is 1. The van der Waals surface area contributed by atoms with Gasteiger partial charge in [0.05, 0.1) is 0 Å². The second-order valence-corrected chi connectivity index (χ2v) is 5.69. The third-order valence-electron chi connectivity index (χ3n) is 3.94. The van der Waals surface area contributed by atoms with Crippen molar-refractivity contribution in [1.29, 1.82) is 0 Å². The van der Waals surface area contributed by atoms with Crippen LogP contribution in [0.25, 0.3) is 0 Å². The van der Waals surface area contributed by atoms with E-state index in [4.69, 9.17) is 4.74 Å². The predicted molar refractivity (Wildman–Crippen MR) is 84.5 cm³/mol. The number of carbonyl (C=O) groups is 2. The van der Waals surface area contributed by atoms with Crippen molar-refractivity contribution in [2.75, 3.05) is 26.2 Å². The van der Waals surface area contributed by atoms with Crippen molar-refractivity contribution in [2.45, 2.75) is 26.2 Å². The van der Waals surface area contributed by atoms with Crippen LogP contribution in [0.1, 0.15) is 26.2 Å². The lowest BCUT2D eigenvalue weighted by atomic mass is 9.96. The van der Waals surface area contributed by atoms with Gasteiger partial charge in [-0.05, 0) is 43.5 Å². The summed E-state index contributed by atoms with van der Waals surface area (Å²) in [6.45, 7) is 3.77. The molecular weight excluding hydrogens is 299 g/mol. The molecule has 0 radical (unpaired) electrons. The van der Waals surface area contributed by atoms with Crippen molar-refractivity contribution in [3.8, 4) is 5.75 Å². The van der Waals surface area contributed by atoms with Crippen molar-refractivity contribution in [3.63, 3.8) is 0 Å².